The topological polar surface area (TPSA) is 33.6 Å². The molecule has 0 radical (unpaired) electrons. The van der Waals surface area contributed by atoms with Gasteiger partial charge in [0.15, 0.2) is 0 Å². The second kappa shape index (κ2) is 6.44. The summed E-state index contributed by atoms with van der Waals surface area (Å²) in [5.74, 6) is 1.95. The minimum Gasteiger partial charge on any atom is -0.497 e. The van der Waals surface area contributed by atoms with Gasteiger partial charge in [0.2, 0.25) is 0 Å². The largest absolute Gasteiger partial charge is 0.497 e. The van der Waals surface area contributed by atoms with Crippen LogP contribution in [0.3, 0.4) is 0 Å². The Morgan fingerprint density at radius 1 is 1.05 bits per heavy atom. The third kappa shape index (κ3) is 3.24. The van der Waals surface area contributed by atoms with Crippen LogP contribution in [0.1, 0.15) is 16.7 Å². The number of methoxy groups -OCH3 is 1. The summed E-state index contributed by atoms with van der Waals surface area (Å²) in [5, 5.41) is 3.36. The van der Waals surface area contributed by atoms with E-state index < -0.39 is 0 Å². The van der Waals surface area contributed by atoms with Crippen LogP contribution in [0.2, 0.25) is 0 Å². The highest BCUT2D eigenvalue weighted by molar-refractivity contribution is 6.01. The molecule has 0 amide bonds. The quantitative estimate of drug-likeness (QED) is 0.913. The molecule has 0 bridgehead atoms. The number of aliphatic imine (C=N–C) groups is 1. The van der Waals surface area contributed by atoms with Gasteiger partial charge in [-0.05, 0) is 36.1 Å². The smallest absolute Gasteiger partial charge is 0.128 e. The van der Waals surface area contributed by atoms with Crippen LogP contribution in [0.15, 0.2) is 53.5 Å². The maximum atomic E-state index is 5.19. The van der Waals surface area contributed by atoms with Gasteiger partial charge in [0.25, 0.3) is 0 Å². The molecule has 1 N–H and O–H groups in total. The van der Waals surface area contributed by atoms with Crippen LogP contribution in [0, 0.1) is 0 Å². The third-order valence-electron chi connectivity index (χ3n) is 3.79. The van der Waals surface area contributed by atoms with E-state index in [1.165, 1.54) is 16.7 Å². The molecule has 0 saturated heterocycles. The molecule has 2 aromatic rings. The van der Waals surface area contributed by atoms with Crippen molar-refractivity contribution >= 4 is 5.84 Å². The molecule has 0 fully saturated rings. The third-order valence-corrected chi connectivity index (χ3v) is 3.79. The zero-order valence-corrected chi connectivity index (χ0v) is 12.3. The zero-order valence-electron chi connectivity index (χ0n) is 12.3. The molecule has 0 atom stereocenters. The Bertz CT molecular complexity index is 632. The molecule has 1 heterocycles. The molecule has 0 saturated carbocycles. The summed E-state index contributed by atoms with van der Waals surface area (Å²) in [4.78, 5) is 4.53. The molecule has 21 heavy (non-hydrogen) atoms. The summed E-state index contributed by atoms with van der Waals surface area (Å²) >= 11 is 0. The van der Waals surface area contributed by atoms with Crippen molar-refractivity contribution in [1.82, 2.24) is 5.32 Å². The van der Waals surface area contributed by atoms with Crippen molar-refractivity contribution in [3.63, 3.8) is 0 Å². The summed E-state index contributed by atoms with van der Waals surface area (Å²) in [5.41, 5.74) is 3.91. The predicted molar refractivity (Wildman–Crippen MR) is 86.3 cm³/mol. The summed E-state index contributed by atoms with van der Waals surface area (Å²) in [6, 6.07) is 16.8. The summed E-state index contributed by atoms with van der Waals surface area (Å²) in [6.07, 6.45) is 2.04. The average molecular weight is 280 g/mol. The Balaban J connectivity index is 1.72. The van der Waals surface area contributed by atoms with Crippen molar-refractivity contribution in [3.8, 4) is 5.75 Å². The van der Waals surface area contributed by atoms with E-state index in [0.29, 0.717) is 0 Å². The SMILES string of the molecule is COc1ccc(CCc2ccccc2C2=NCCN2)cc1. The molecule has 1 aliphatic rings. The molecule has 2 aromatic carbocycles. The van der Waals surface area contributed by atoms with Gasteiger partial charge in [-0.25, -0.2) is 0 Å². The fourth-order valence-corrected chi connectivity index (χ4v) is 2.62. The lowest BCUT2D eigenvalue weighted by Gasteiger charge is -2.10. The van der Waals surface area contributed by atoms with Gasteiger partial charge in [-0.1, -0.05) is 36.4 Å². The highest BCUT2D eigenvalue weighted by Crippen LogP contribution is 2.16. The van der Waals surface area contributed by atoms with E-state index in [0.717, 1.165) is 37.5 Å². The zero-order chi connectivity index (χ0) is 14.5. The lowest BCUT2D eigenvalue weighted by Crippen LogP contribution is -2.21. The number of benzene rings is 2. The number of hydrogen-bond donors (Lipinski definition) is 1. The van der Waals surface area contributed by atoms with Crippen LogP contribution >= 0.6 is 0 Å². The fraction of sp³-hybridized carbons (Fsp3) is 0.278. The molecular formula is C18H20N2O. The number of aryl methyl sites for hydroxylation is 2. The molecule has 0 unspecified atom stereocenters. The Hall–Kier alpha value is -2.29. The van der Waals surface area contributed by atoms with Crippen LogP contribution in [0.4, 0.5) is 0 Å². The first-order valence-electron chi connectivity index (χ1n) is 7.36. The van der Waals surface area contributed by atoms with E-state index in [9.17, 15) is 0 Å². The van der Waals surface area contributed by atoms with Crippen molar-refractivity contribution in [2.75, 3.05) is 20.2 Å². The fourth-order valence-electron chi connectivity index (χ4n) is 2.62. The maximum Gasteiger partial charge on any atom is 0.128 e. The average Bonchev–Trinajstić information content (AvgIpc) is 3.08. The molecule has 3 rings (SSSR count). The van der Waals surface area contributed by atoms with Gasteiger partial charge < -0.3 is 10.1 Å². The molecule has 0 spiro atoms. The molecular weight excluding hydrogens is 260 g/mol. The maximum absolute atomic E-state index is 5.19. The normalized spacial score (nSPS) is 13.7. The van der Waals surface area contributed by atoms with Gasteiger partial charge in [0, 0.05) is 12.1 Å². The van der Waals surface area contributed by atoms with Crippen molar-refractivity contribution in [2.24, 2.45) is 4.99 Å². The van der Waals surface area contributed by atoms with Gasteiger partial charge >= 0.3 is 0 Å². The van der Waals surface area contributed by atoms with E-state index in [1.54, 1.807) is 7.11 Å². The van der Waals surface area contributed by atoms with E-state index in [-0.39, 0.29) is 0 Å². The Morgan fingerprint density at radius 2 is 1.86 bits per heavy atom. The van der Waals surface area contributed by atoms with Crippen LogP contribution in [0.25, 0.3) is 0 Å². The number of nitrogens with one attached hydrogen (secondary N) is 1. The first-order valence-corrected chi connectivity index (χ1v) is 7.36. The molecule has 108 valence electrons. The van der Waals surface area contributed by atoms with Crippen LogP contribution in [-0.2, 0) is 12.8 Å². The first-order chi connectivity index (χ1) is 10.4. The van der Waals surface area contributed by atoms with Gasteiger partial charge in [-0.15, -0.1) is 0 Å². The molecule has 3 nitrogen and oxygen atoms in total. The van der Waals surface area contributed by atoms with Gasteiger partial charge in [0.05, 0.1) is 13.7 Å². The predicted octanol–water partition coefficient (Wildman–Crippen LogP) is 2.83. The van der Waals surface area contributed by atoms with Crippen molar-refractivity contribution in [3.05, 3.63) is 65.2 Å². The standard InChI is InChI=1S/C18H20N2O/c1-21-16-10-7-14(8-11-16)6-9-15-4-2-3-5-17(15)18-19-12-13-20-18/h2-5,7-8,10-11H,6,9,12-13H2,1H3,(H,19,20). The van der Waals surface area contributed by atoms with E-state index >= 15 is 0 Å². The van der Waals surface area contributed by atoms with E-state index in [4.69, 9.17) is 4.74 Å². The van der Waals surface area contributed by atoms with Gasteiger partial charge in [0.1, 0.15) is 11.6 Å². The second-order valence-corrected chi connectivity index (χ2v) is 5.16. The van der Waals surface area contributed by atoms with Crippen molar-refractivity contribution in [1.29, 1.82) is 0 Å². The van der Waals surface area contributed by atoms with Crippen LogP contribution in [0.5, 0.6) is 5.75 Å². The highest BCUT2D eigenvalue weighted by atomic mass is 16.5. The molecule has 0 aromatic heterocycles. The summed E-state index contributed by atoms with van der Waals surface area (Å²) < 4.78 is 5.19. The number of nitrogens with zero attached hydrogens (tertiary/aromatic N) is 1. The number of hydrogen-bond acceptors (Lipinski definition) is 3. The van der Waals surface area contributed by atoms with E-state index in [2.05, 4.69) is 46.7 Å². The van der Waals surface area contributed by atoms with Gasteiger partial charge in [-0.2, -0.15) is 0 Å². The van der Waals surface area contributed by atoms with E-state index in [1.807, 2.05) is 12.1 Å². The second-order valence-electron chi connectivity index (χ2n) is 5.16. The Morgan fingerprint density at radius 3 is 2.57 bits per heavy atom. The molecule has 0 aliphatic carbocycles. The Labute approximate surface area is 125 Å². The minimum absolute atomic E-state index is 0.877. The summed E-state index contributed by atoms with van der Waals surface area (Å²) in [7, 11) is 1.70. The summed E-state index contributed by atoms with van der Waals surface area (Å²) in [6.45, 7) is 1.82. The number of rotatable bonds is 5. The van der Waals surface area contributed by atoms with Crippen LogP contribution < -0.4 is 10.1 Å². The van der Waals surface area contributed by atoms with Crippen LogP contribution in [-0.4, -0.2) is 26.0 Å². The van der Waals surface area contributed by atoms with Crippen molar-refractivity contribution in [2.45, 2.75) is 12.8 Å². The lowest BCUT2D eigenvalue weighted by atomic mass is 9.99. The lowest BCUT2D eigenvalue weighted by molar-refractivity contribution is 0.414. The molecule has 3 heteroatoms. The minimum atomic E-state index is 0.877. The van der Waals surface area contributed by atoms with Gasteiger partial charge in [-0.3, -0.25) is 4.99 Å². The Kier molecular flexibility index (Phi) is 4.20. The number of amidine groups is 1. The number of ether oxygens (including phenoxy) is 1. The first kappa shape index (κ1) is 13.7. The monoisotopic (exact) mass is 280 g/mol. The highest BCUT2D eigenvalue weighted by Gasteiger charge is 2.11. The molecule has 1 aliphatic heterocycles. The van der Waals surface area contributed by atoms with Crippen molar-refractivity contribution < 1.29 is 4.74 Å².